The fourth-order valence-corrected chi connectivity index (χ4v) is 2.09. The summed E-state index contributed by atoms with van der Waals surface area (Å²) in [7, 11) is 0. The minimum Gasteiger partial charge on any atom is -0.340 e. The lowest BCUT2D eigenvalue weighted by Crippen LogP contribution is -2.52. The zero-order valence-corrected chi connectivity index (χ0v) is 16.4. The third kappa shape index (κ3) is 10.3. The van der Waals surface area contributed by atoms with E-state index < -0.39 is 6.04 Å². The van der Waals surface area contributed by atoms with Gasteiger partial charge in [-0.15, -0.1) is 0 Å². The monoisotopic (exact) mass is 354 g/mol. The Kier molecular flexibility index (Phi) is 10.4. The molecular weight excluding hydrogens is 324 g/mol. The topological polar surface area (TPSA) is 58.2 Å². The van der Waals surface area contributed by atoms with Crippen LogP contribution < -0.4 is 10.6 Å². The van der Waals surface area contributed by atoms with Crippen molar-refractivity contribution in [3.63, 3.8) is 0 Å². The first-order valence-electron chi connectivity index (χ1n) is 8.28. The molecular formula is C19H31ClN2O2. The first-order chi connectivity index (χ1) is 11.1. The second-order valence-electron chi connectivity index (χ2n) is 7.09. The van der Waals surface area contributed by atoms with Crippen molar-refractivity contribution in [1.29, 1.82) is 0 Å². The summed E-state index contributed by atoms with van der Waals surface area (Å²) in [5.74, 6) is -0.0474. The summed E-state index contributed by atoms with van der Waals surface area (Å²) in [6.45, 7) is 11.5. The fourth-order valence-electron chi connectivity index (χ4n) is 2.00. The van der Waals surface area contributed by atoms with Crippen molar-refractivity contribution in [2.45, 2.75) is 60.4 Å². The van der Waals surface area contributed by atoms with E-state index in [-0.39, 0.29) is 17.2 Å². The summed E-state index contributed by atoms with van der Waals surface area (Å²) in [6.07, 6.45) is 10.4. The third-order valence-electron chi connectivity index (χ3n) is 3.42. The Morgan fingerprint density at radius 3 is 2.33 bits per heavy atom. The highest BCUT2D eigenvalue weighted by Gasteiger charge is 2.31. The molecule has 0 aliphatic heterocycles. The maximum Gasteiger partial charge on any atom is 0.247 e. The van der Waals surface area contributed by atoms with Gasteiger partial charge in [0.15, 0.2) is 0 Å². The van der Waals surface area contributed by atoms with Gasteiger partial charge in [-0.1, -0.05) is 57.5 Å². The highest BCUT2D eigenvalue weighted by Crippen LogP contribution is 2.19. The predicted octanol–water partition coefficient (Wildman–Crippen LogP) is 4.28. The molecule has 0 aromatic carbocycles. The molecule has 0 radical (unpaired) electrons. The second-order valence-corrected chi connectivity index (χ2v) is 7.68. The number of allylic oxidation sites excluding steroid dienone is 4. The van der Waals surface area contributed by atoms with Gasteiger partial charge in [-0.25, -0.2) is 0 Å². The second kappa shape index (κ2) is 11.1. The van der Waals surface area contributed by atoms with Gasteiger partial charge < -0.3 is 10.6 Å². The maximum atomic E-state index is 12.4. The number of hydrogen-bond donors (Lipinski definition) is 2. The highest BCUT2D eigenvalue weighted by molar-refractivity contribution is 6.29. The molecule has 5 heteroatoms. The molecule has 0 aliphatic carbocycles. The Hall–Kier alpha value is -1.55. The van der Waals surface area contributed by atoms with Gasteiger partial charge in [-0.05, 0) is 50.3 Å². The Balaban J connectivity index is 4.59. The van der Waals surface area contributed by atoms with Crippen LogP contribution >= 0.6 is 11.6 Å². The lowest BCUT2D eigenvalue weighted by molar-refractivity contribution is -0.129. The van der Waals surface area contributed by atoms with E-state index in [1.165, 1.54) is 6.08 Å². The van der Waals surface area contributed by atoms with Gasteiger partial charge in [-0.2, -0.15) is 0 Å². The Labute approximate surface area is 151 Å². The molecule has 2 unspecified atom stereocenters. The van der Waals surface area contributed by atoms with Crippen molar-refractivity contribution >= 4 is 23.4 Å². The largest absolute Gasteiger partial charge is 0.340 e. The molecule has 0 heterocycles. The number of amides is 2. The Morgan fingerprint density at radius 1 is 1.21 bits per heavy atom. The summed E-state index contributed by atoms with van der Waals surface area (Å²) in [4.78, 5) is 24.1. The van der Waals surface area contributed by atoms with Crippen LogP contribution in [0.1, 0.15) is 54.4 Å². The molecule has 0 saturated heterocycles. The van der Waals surface area contributed by atoms with Crippen molar-refractivity contribution in [3.05, 3.63) is 35.5 Å². The van der Waals surface area contributed by atoms with Crippen LogP contribution in [0.5, 0.6) is 0 Å². The van der Waals surface area contributed by atoms with Crippen molar-refractivity contribution in [2.24, 2.45) is 11.3 Å². The standard InChI is InChI=1S/C19H31ClN2O2/c1-7-9-16(23)22-17(19(4,5)6)18(24)21-13-8-10-14(2)11-12-15(3)20/h7-9,12-14,17H,10-11H2,1-6H3,(H,21,24)(H,22,23). The average Bonchev–Trinajstić information content (AvgIpc) is 2.46. The van der Waals surface area contributed by atoms with Gasteiger partial charge in [-0.3, -0.25) is 9.59 Å². The number of nitrogens with one attached hydrogen (secondary N) is 2. The van der Waals surface area contributed by atoms with E-state index >= 15 is 0 Å². The number of halogens is 1. The fraction of sp³-hybridized carbons (Fsp3) is 0.579. The molecule has 2 atom stereocenters. The van der Waals surface area contributed by atoms with Gasteiger partial charge in [0.05, 0.1) is 0 Å². The third-order valence-corrected chi connectivity index (χ3v) is 3.57. The summed E-state index contributed by atoms with van der Waals surface area (Å²) in [6, 6.07) is -0.606. The van der Waals surface area contributed by atoms with Gasteiger partial charge in [0.1, 0.15) is 6.04 Å². The normalized spacial score (nSPS) is 15.5. The van der Waals surface area contributed by atoms with Crippen LogP contribution in [0.2, 0.25) is 0 Å². The SMILES string of the molecule is CC=CC(=O)NC(C(=O)NC=CCC(C)CC=C(C)Cl)C(C)(C)C. The molecule has 0 bridgehead atoms. The summed E-state index contributed by atoms with van der Waals surface area (Å²) < 4.78 is 0. The van der Waals surface area contributed by atoms with Crippen LogP contribution in [-0.2, 0) is 9.59 Å². The summed E-state index contributed by atoms with van der Waals surface area (Å²) >= 11 is 5.81. The van der Waals surface area contributed by atoms with Crippen molar-refractivity contribution in [2.75, 3.05) is 0 Å². The molecule has 0 fully saturated rings. The zero-order valence-electron chi connectivity index (χ0n) is 15.7. The molecule has 24 heavy (non-hydrogen) atoms. The van der Waals surface area contributed by atoms with Crippen LogP contribution in [0.3, 0.4) is 0 Å². The van der Waals surface area contributed by atoms with Gasteiger partial charge in [0, 0.05) is 5.03 Å². The molecule has 0 aromatic heterocycles. The van der Waals surface area contributed by atoms with Crippen molar-refractivity contribution in [1.82, 2.24) is 10.6 Å². The predicted molar refractivity (Wildman–Crippen MR) is 101 cm³/mol. The van der Waals surface area contributed by atoms with Crippen molar-refractivity contribution < 1.29 is 9.59 Å². The average molecular weight is 355 g/mol. The quantitative estimate of drug-likeness (QED) is 0.639. The van der Waals surface area contributed by atoms with Crippen LogP contribution in [0.15, 0.2) is 35.5 Å². The van der Waals surface area contributed by atoms with E-state index in [1.807, 2.05) is 39.8 Å². The number of carbonyl (C=O) groups excluding carboxylic acids is 2. The molecule has 0 aromatic rings. The number of rotatable bonds is 8. The van der Waals surface area contributed by atoms with E-state index in [0.29, 0.717) is 5.92 Å². The van der Waals surface area contributed by atoms with Crippen LogP contribution in [0.25, 0.3) is 0 Å². The lowest BCUT2D eigenvalue weighted by atomic mass is 9.86. The molecule has 2 N–H and O–H groups in total. The van der Waals surface area contributed by atoms with Crippen LogP contribution in [-0.4, -0.2) is 17.9 Å². The van der Waals surface area contributed by atoms with E-state index in [2.05, 4.69) is 17.6 Å². The summed E-state index contributed by atoms with van der Waals surface area (Å²) in [5, 5.41) is 6.30. The number of carbonyl (C=O) groups is 2. The summed E-state index contributed by atoms with van der Waals surface area (Å²) in [5.41, 5.74) is -0.384. The van der Waals surface area contributed by atoms with Crippen LogP contribution in [0, 0.1) is 11.3 Å². The van der Waals surface area contributed by atoms with E-state index in [0.717, 1.165) is 17.9 Å². The van der Waals surface area contributed by atoms with E-state index in [4.69, 9.17) is 11.6 Å². The molecule has 4 nitrogen and oxygen atoms in total. The Bertz CT molecular complexity index is 498. The molecule has 2 amide bonds. The molecule has 0 rings (SSSR count). The number of hydrogen-bond acceptors (Lipinski definition) is 2. The molecule has 0 aliphatic rings. The lowest BCUT2D eigenvalue weighted by Gasteiger charge is -2.29. The molecule has 0 spiro atoms. The highest BCUT2D eigenvalue weighted by atomic mass is 35.5. The smallest absolute Gasteiger partial charge is 0.247 e. The first kappa shape index (κ1) is 22.4. The van der Waals surface area contributed by atoms with E-state index in [9.17, 15) is 9.59 Å². The van der Waals surface area contributed by atoms with Crippen LogP contribution in [0.4, 0.5) is 0 Å². The van der Waals surface area contributed by atoms with Gasteiger partial charge >= 0.3 is 0 Å². The van der Waals surface area contributed by atoms with Gasteiger partial charge in [0.2, 0.25) is 11.8 Å². The zero-order chi connectivity index (χ0) is 18.8. The minimum atomic E-state index is -0.606. The molecule has 136 valence electrons. The first-order valence-corrected chi connectivity index (χ1v) is 8.66. The van der Waals surface area contributed by atoms with Crippen molar-refractivity contribution in [3.8, 4) is 0 Å². The van der Waals surface area contributed by atoms with Gasteiger partial charge in [0.25, 0.3) is 0 Å². The maximum absolute atomic E-state index is 12.4. The van der Waals surface area contributed by atoms with E-state index in [1.54, 1.807) is 19.2 Å². The Morgan fingerprint density at radius 2 is 1.83 bits per heavy atom. The minimum absolute atomic E-state index is 0.222. The molecule has 0 saturated carbocycles.